The molecule has 3 rings (SSSR count). The summed E-state index contributed by atoms with van der Waals surface area (Å²) in [5, 5.41) is 0. The Bertz CT molecular complexity index is 578. The van der Waals surface area contributed by atoms with E-state index in [1.165, 1.54) is 0 Å². The second kappa shape index (κ2) is 5.90. The SMILES string of the molecule is CCS(=O)(=O)N1CCO[C@H]2[C@H](Oc3cccnc3)CC[C@@H]21. The number of morpholine rings is 1. The van der Waals surface area contributed by atoms with Crippen molar-refractivity contribution in [2.45, 2.75) is 38.0 Å². The number of hydrogen-bond acceptors (Lipinski definition) is 5. The van der Waals surface area contributed by atoms with Crippen LogP contribution in [0.2, 0.25) is 0 Å². The molecule has 1 aromatic heterocycles. The van der Waals surface area contributed by atoms with Crippen LogP contribution in [0.3, 0.4) is 0 Å². The van der Waals surface area contributed by atoms with E-state index >= 15 is 0 Å². The summed E-state index contributed by atoms with van der Waals surface area (Å²) in [4.78, 5) is 4.03. The van der Waals surface area contributed by atoms with Gasteiger partial charge in [0.1, 0.15) is 18.0 Å². The van der Waals surface area contributed by atoms with E-state index in [4.69, 9.17) is 9.47 Å². The Hall–Kier alpha value is -1.18. The van der Waals surface area contributed by atoms with Crippen LogP contribution in [0, 0.1) is 0 Å². The molecule has 1 aromatic rings. The third kappa shape index (κ3) is 2.90. The van der Waals surface area contributed by atoms with Crippen LogP contribution in [0.25, 0.3) is 0 Å². The van der Waals surface area contributed by atoms with Gasteiger partial charge in [-0.05, 0) is 31.9 Å². The lowest BCUT2D eigenvalue weighted by atomic mass is 10.1. The first kappa shape index (κ1) is 14.7. The molecular formula is C14H20N2O4S. The van der Waals surface area contributed by atoms with Gasteiger partial charge < -0.3 is 9.47 Å². The van der Waals surface area contributed by atoms with Crippen LogP contribution in [0.5, 0.6) is 5.75 Å². The Morgan fingerprint density at radius 3 is 3.05 bits per heavy atom. The largest absolute Gasteiger partial charge is 0.486 e. The van der Waals surface area contributed by atoms with Crippen molar-refractivity contribution in [3.63, 3.8) is 0 Å². The first-order valence-corrected chi connectivity index (χ1v) is 8.90. The molecule has 0 aromatic carbocycles. The van der Waals surface area contributed by atoms with Gasteiger partial charge in [0.2, 0.25) is 10.0 Å². The Kier molecular flexibility index (Phi) is 4.14. The summed E-state index contributed by atoms with van der Waals surface area (Å²) in [6, 6.07) is 3.56. The molecule has 6 nitrogen and oxygen atoms in total. The average molecular weight is 312 g/mol. The van der Waals surface area contributed by atoms with Crippen LogP contribution in [0.4, 0.5) is 0 Å². The van der Waals surface area contributed by atoms with E-state index in [0.717, 1.165) is 12.8 Å². The molecule has 116 valence electrons. The number of aromatic nitrogens is 1. The van der Waals surface area contributed by atoms with Crippen molar-refractivity contribution in [3.8, 4) is 5.75 Å². The quantitative estimate of drug-likeness (QED) is 0.831. The number of sulfonamides is 1. The number of pyridine rings is 1. The van der Waals surface area contributed by atoms with Crippen molar-refractivity contribution in [2.24, 2.45) is 0 Å². The van der Waals surface area contributed by atoms with E-state index in [2.05, 4.69) is 4.98 Å². The second-order valence-corrected chi connectivity index (χ2v) is 7.55. The zero-order valence-electron chi connectivity index (χ0n) is 12.0. The third-order valence-electron chi connectivity index (χ3n) is 4.13. The number of fused-ring (bicyclic) bond motifs is 1. The highest BCUT2D eigenvalue weighted by molar-refractivity contribution is 7.89. The van der Waals surface area contributed by atoms with Gasteiger partial charge in [0, 0.05) is 12.7 Å². The molecule has 0 bridgehead atoms. The van der Waals surface area contributed by atoms with Crippen LogP contribution >= 0.6 is 0 Å². The van der Waals surface area contributed by atoms with Crippen molar-refractivity contribution in [2.75, 3.05) is 18.9 Å². The summed E-state index contributed by atoms with van der Waals surface area (Å²) in [5.74, 6) is 0.826. The second-order valence-electron chi connectivity index (χ2n) is 5.34. The molecule has 1 saturated heterocycles. The molecular weight excluding hydrogens is 292 g/mol. The summed E-state index contributed by atoms with van der Waals surface area (Å²) in [6.07, 6.45) is 4.61. The highest BCUT2D eigenvalue weighted by Gasteiger charge is 2.47. The fourth-order valence-electron chi connectivity index (χ4n) is 3.11. The number of nitrogens with zero attached hydrogens (tertiary/aromatic N) is 2. The molecule has 1 aliphatic carbocycles. The van der Waals surface area contributed by atoms with Crippen molar-refractivity contribution >= 4 is 10.0 Å². The number of ether oxygens (including phenoxy) is 2. The predicted molar refractivity (Wildman–Crippen MR) is 77.6 cm³/mol. The maximum atomic E-state index is 12.2. The summed E-state index contributed by atoms with van der Waals surface area (Å²) in [7, 11) is -3.19. The molecule has 2 heterocycles. The van der Waals surface area contributed by atoms with Crippen LogP contribution in [-0.2, 0) is 14.8 Å². The van der Waals surface area contributed by atoms with Gasteiger partial charge in [0.25, 0.3) is 0 Å². The van der Waals surface area contributed by atoms with Gasteiger partial charge in [-0.15, -0.1) is 0 Å². The maximum Gasteiger partial charge on any atom is 0.214 e. The molecule has 0 spiro atoms. The van der Waals surface area contributed by atoms with Crippen molar-refractivity contribution in [1.29, 1.82) is 0 Å². The van der Waals surface area contributed by atoms with E-state index in [9.17, 15) is 8.42 Å². The Morgan fingerprint density at radius 1 is 1.48 bits per heavy atom. The van der Waals surface area contributed by atoms with Crippen LogP contribution < -0.4 is 4.74 Å². The summed E-state index contributed by atoms with van der Waals surface area (Å²) >= 11 is 0. The third-order valence-corrected chi connectivity index (χ3v) is 6.03. The van der Waals surface area contributed by atoms with Gasteiger partial charge in [-0.25, -0.2) is 8.42 Å². The van der Waals surface area contributed by atoms with E-state index in [-0.39, 0.29) is 24.0 Å². The maximum absolute atomic E-state index is 12.2. The molecule has 3 atom stereocenters. The zero-order chi connectivity index (χ0) is 14.9. The lowest BCUT2D eigenvalue weighted by Gasteiger charge is -2.37. The van der Waals surface area contributed by atoms with Gasteiger partial charge in [-0.2, -0.15) is 4.31 Å². The van der Waals surface area contributed by atoms with Gasteiger partial charge in [0.05, 0.1) is 24.6 Å². The smallest absolute Gasteiger partial charge is 0.214 e. The average Bonchev–Trinajstić information content (AvgIpc) is 2.91. The standard InChI is InChI=1S/C14H20N2O4S/c1-2-21(17,18)16-8-9-19-14-12(16)5-6-13(14)20-11-4-3-7-15-10-11/h3-4,7,10,12-14H,2,5-6,8-9H2,1H3/t12-,13+,14+/m0/s1. The van der Waals surface area contributed by atoms with Gasteiger partial charge in [-0.1, -0.05) is 0 Å². The molecule has 0 unspecified atom stereocenters. The lowest BCUT2D eigenvalue weighted by molar-refractivity contribution is -0.0660. The van der Waals surface area contributed by atoms with Gasteiger partial charge >= 0.3 is 0 Å². The summed E-state index contributed by atoms with van der Waals surface area (Å²) in [5.41, 5.74) is 0. The van der Waals surface area contributed by atoms with Crippen LogP contribution in [-0.4, -0.2) is 54.9 Å². The monoisotopic (exact) mass is 312 g/mol. The van der Waals surface area contributed by atoms with Crippen molar-refractivity contribution in [1.82, 2.24) is 9.29 Å². The Balaban J connectivity index is 1.75. The van der Waals surface area contributed by atoms with Crippen molar-refractivity contribution in [3.05, 3.63) is 24.5 Å². The molecule has 2 aliphatic rings. The van der Waals surface area contributed by atoms with Crippen LogP contribution in [0.1, 0.15) is 19.8 Å². The topological polar surface area (TPSA) is 68.7 Å². The summed E-state index contributed by atoms with van der Waals surface area (Å²) in [6.45, 7) is 2.54. The predicted octanol–water partition coefficient (Wildman–Crippen LogP) is 1.04. The minimum Gasteiger partial charge on any atom is -0.486 e. The minimum absolute atomic E-state index is 0.106. The van der Waals surface area contributed by atoms with E-state index in [0.29, 0.717) is 18.9 Å². The summed E-state index contributed by atoms with van der Waals surface area (Å²) < 4.78 is 37.7. The van der Waals surface area contributed by atoms with Crippen LogP contribution in [0.15, 0.2) is 24.5 Å². The van der Waals surface area contributed by atoms with Gasteiger partial charge in [0.15, 0.2) is 0 Å². The van der Waals surface area contributed by atoms with E-state index < -0.39 is 10.0 Å². The Morgan fingerprint density at radius 2 is 2.33 bits per heavy atom. The first-order valence-electron chi connectivity index (χ1n) is 7.29. The number of hydrogen-bond donors (Lipinski definition) is 0. The fraction of sp³-hybridized carbons (Fsp3) is 0.643. The molecule has 2 fully saturated rings. The molecule has 0 radical (unpaired) electrons. The molecule has 0 amide bonds. The zero-order valence-corrected chi connectivity index (χ0v) is 12.8. The van der Waals surface area contributed by atoms with E-state index in [1.807, 2.05) is 12.1 Å². The van der Waals surface area contributed by atoms with Gasteiger partial charge in [-0.3, -0.25) is 4.98 Å². The molecule has 21 heavy (non-hydrogen) atoms. The highest BCUT2D eigenvalue weighted by Crippen LogP contribution is 2.34. The highest BCUT2D eigenvalue weighted by atomic mass is 32.2. The molecule has 1 aliphatic heterocycles. The molecule has 7 heteroatoms. The van der Waals surface area contributed by atoms with Crippen molar-refractivity contribution < 1.29 is 17.9 Å². The number of rotatable bonds is 4. The van der Waals surface area contributed by atoms with E-state index in [1.54, 1.807) is 23.6 Å². The molecule has 0 N–H and O–H groups in total. The fourth-order valence-corrected chi connectivity index (χ4v) is 4.43. The lowest BCUT2D eigenvalue weighted by Crippen LogP contribution is -2.54. The normalized spacial score (nSPS) is 30.0. The first-order chi connectivity index (χ1) is 10.1. The minimum atomic E-state index is -3.19. The molecule has 1 saturated carbocycles. The Labute approximate surface area is 125 Å².